The molecule has 0 aromatic heterocycles. The SMILES string of the molecule is CC(C)=CC(=O)[C@@H](O)[C@H](C)[C@@H]1CC[C@@]2(C)C3=CC[C@H]4C(C)(C)[C@H](O)CC[C@@]4(C)[C@H]3CC[C@@]12C. The molecule has 3 heteroatoms. The van der Waals surface area contributed by atoms with E-state index in [-0.39, 0.29) is 39.5 Å². The zero-order valence-corrected chi connectivity index (χ0v) is 22.4. The van der Waals surface area contributed by atoms with E-state index in [1.807, 2.05) is 13.8 Å². The molecule has 0 bridgehead atoms. The highest BCUT2D eigenvalue weighted by atomic mass is 16.3. The summed E-state index contributed by atoms with van der Waals surface area (Å²) >= 11 is 0. The van der Waals surface area contributed by atoms with Crippen molar-refractivity contribution in [3.8, 4) is 0 Å². The van der Waals surface area contributed by atoms with Crippen molar-refractivity contribution >= 4 is 5.78 Å². The average Bonchev–Trinajstić information content (AvgIpc) is 3.01. The molecule has 0 radical (unpaired) electrons. The summed E-state index contributed by atoms with van der Waals surface area (Å²) in [5.74, 6) is 1.29. The highest BCUT2D eigenvalue weighted by Gasteiger charge is 2.65. The molecular formula is C30H48O3. The van der Waals surface area contributed by atoms with E-state index in [4.69, 9.17) is 0 Å². The van der Waals surface area contributed by atoms with Gasteiger partial charge in [-0.25, -0.2) is 0 Å². The Morgan fingerprint density at radius 1 is 1.06 bits per heavy atom. The normalized spacial score (nSPS) is 45.7. The fourth-order valence-corrected chi connectivity index (χ4v) is 9.43. The molecule has 0 spiro atoms. The van der Waals surface area contributed by atoms with Gasteiger partial charge in [-0.3, -0.25) is 4.79 Å². The lowest BCUT2D eigenvalue weighted by molar-refractivity contribution is -0.135. The first-order chi connectivity index (χ1) is 15.2. The van der Waals surface area contributed by atoms with Crippen LogP contribution in [0, 0.1) is 45.3 Å². The summed E-state index contributed by atoms with van der Waals surface area (Å²) < 4.78 is 0. The highest BCUT2D eigenvalue weighted by Crippen LogP contribution is 2.73. The molecule has 0 aromatic rings. The summed E-state index contributed by atoms with van der Waals surface area (Å²) in [4.78, 5) is 12.7. The number of aliphatic hydroxyl groups is 2. The first kappa shape index (κ1) is 25.2. The standard InChI is InChI=1S/C30H48O3/c1-18(2)17-23(31)26(33)19(3)20-11-15-30(8)22-9-10-24-27(4,5)25(32)13-14-28(24,6)21(22)12-16-29(20,30)7/h9,17,19-21,24-26,32-33H,10-16H2,1-8H3/t19-,20+,21+,24+,25-,26+,28+,29+,30+/m1/s1. The zero-order chi connectivity index (χ0) is 24.6. The molecule has 0 amide bonds. The Kier molecular flexibility index (Phi) is 6.14. The molecule has 0 saturated heterocycles. The molecule has 3 saturated carbocycles. The Bertz CT molecular complexity index is 864. The van der Waals surface area contributed by atoms with Gasteiger partial charge in [0.25, 0.3) is 0 Å². The molecule has 3 nitrogen and oxygen atoms in total. The van der Waals surface area contributed by atoms with E-state index in [9.17, 15) is 15.0 Å². The van der Waals surface area contributed by atoms with Gasteiger partial charge in [-0.15, -0.1) is 0 Å². The van der Waals surface area contributed by atoms with Gasteiger partial charge < -0.3 is 10.2 Å². The first-order valence-corrected chi connectivity index (χ1v) is 13.5. The number of rotatable bonds is 4. The Morgan fingerprint density at radius 3 is 2.36 bits per heavy atom. The maximum Gasteiger partial charge on any atom is 0.184 e. The topological polar surface area (TPSA) is 57.5 Å². The van der Waals surface area contributed by atoms with E-state index >= 15 is 0 Å². The average molecular weight is 457 g/mol. The fourth-order valence-electron chi connectivity index (χ4n) is 9.43. The van der Waals surface area contributed by atoms with E-state index in [2.05, 4.69) is 47.6 Å². The molecule has 9 atom stereocenters. The van der Waals surface area contributed by atoms with Crippen molar-refractivity contribution in [1.29, 1.82) is 0 Å². The molecule has 0 heterocycles. The molecule has 0 aromatic carbocycles. The predicted octanol–water partition coefficient (Wildman–Crippen LogP) is 6.48. The summed E-state index contributed by atoms with van der Waals surface area (Å²) in [5.41, 5.74) is 3.06. The second-order valence-corrected chi connectivity index (χ2v) is 13.7. The summed E-state index contributed by atoms with van der Waals surface area (Å²) in [7, 11) is 0. The number of aliphatic hydroxyl groups excluding tert-OH is 2. The Morgan fingerprint density at radius 2 is 1.73 bits per heavy atom. The van der Waals surface area contributed by atoms with Gasteiger partial charge >= 0.3 is 0 Å². The molecule has 33 heavy (non-hydrogen) atoms. The largest absolute Gasteiger partial charge is 0.393 e. The molecule has 0 aliphatic heterocycles. The minimum atomic E-state index is -0.912. The van der Waals surface area contributed by atoms with Gasteiger partial charge in [0.05, 0.1) is 6.10 Å². The van der Waals surface area contributed by atoms with Crippen molar-refractivity contribution < 1.29 is 15.0 Å². The molecule has 3 fully saturated rings. The van der Waals surface area contributed by atoms with E-state index in [1.54, 1.807) is 11.6 Å². The molecule has 0 unspecified atom stereocenters. The molecular weight excluding hydrogens is 408 g/mol. The quantitative estimate of drug-likeness (QED) is 0.376. The maximum atomic E-state index is 12.7. The van der Waals surface area contributed by atoms with E-state index in [1.165, 1.54) is 6.42 Å². The van der Waals surface area contributed by atoms with Crippen LogP contribution in [0.2, 0.25) is 0 Å². The Labute approximate surface area is 202 Å². The van der Waals surface area contributed by atoms with Gasteiger partial charge in [-0.05, 0) is 110 Å². The van der Waals surface area contributed by atoms with Crippen LogP contribution in [0.5, 0.6) is 0 Å². The lowest BCUT2D eigenvalue weighted by Crippen LogP contribution is -2.58. The highest BCUT2D eigenvalue weighted by molar-refractivity contribution is 5.94. The number of hydrogen-bond acceptors (Lipinski definition) is 3. The fraction of sp³-hybridized carbons (Fsp3) is 0.833. The zero-order valence-electron chi connectivity index (χ0n) is 22.4. The third-order valence-corrected chi connectivity index (χ3v) is 11.7. The van der Waals surface area contributed by atoms with Crippen LogP contribution in [0.15, 0.2) is 23.3 Å². The monoisotopic (exact) mass is 456 g/mol. The van der Waals surface area contributed by atoms with Crippen LogP contribution in [0.1, 0.15) is 100 Å². The summed E-state index contributed by atoms with van der Waals surface area (Å²) in [6.07, 6.45) is 10.8. The van der Waals surface area contributed by atoms with Crippen molar-refractivity contribution in [2.75, 3.05) is 0 Å². The van der Waals surface area contributed by atoms with Crippen LogP contribution < -0.4 is 0 Å². The van der Waals surface area contributed by atoms with Gasteiger partial charge in [0.1, 0.15) is 6.10 Å². The first-order valence-electron chi connectivity index (χ1n) is 13.5. The Hall–Kier alpha value is -0.930. The Balaban J connectivity index is 1.66. The number of ketones is 1. The van der Waals surface area contributed by atoms with E-state index < -0.39 is 6.10 Å². The summed E-state index contributed by atoms with van der Waals surface area (Å²) in [6.45, 7) is 18.0. The number of carbonyl (C=O) groups excluding carboxylic acids is 1. The number of fused-ring (bicyclic) bond motifs is 5. The number of allylic oxidation sites excluding steroid dienone is 3. The van der Waals surface area contributed by atoms with Crippen LogP contribution in [-0.4, -0.2) is 28.2 Å². The van der Waals surface area contributed by atoms with Crippen molar-refractivity contribution in [2.24, 2.45) is 45.3 Å². The van der Waals surface area contributed by atoms with Gasteiger partial charge in [0.15, 0.2) is 5.78 Å². The minimum Gasteiger partial charge on any atom is -0.393 e. The van der Waals surface area contributed by atoms with Crippen LogP contribution in [0.25, 0.3) is 0 Å². The minimum absolute atomic E-state index is 0.0345. The van der Waals surface area contributed by atoms with Gasteiger partial charge in [0.2, 0.25) is 0 Å². The second-order valence-electron chi connectivity index (χ2n) is 13.7. The molecule has 186 valence electrons. The lowest BCUT2D eigenvalue weighted by Gasteiger charge is -2.64. The van der Waals surface area contributed by atoms with Crippen LogP contribution in [-0.2, 0) is 4.79 Å². The van der Waals surface area contributed by atoms with Crippen molar-refractivity contribution in [1.82, 2.24) is 0 Å². The summed E-state index contributed by atoms with van der Waals surface area (Å²) in [6, 6.07) is 0. The third-order valence-electron chi connectivity index (χ3n) is 11.7. The van der Waals surface area contributed by atoms with Gasteiger partial charge in [-0.2, -0.15) is 0 Å². The smallest absolute Gasteiger partial charge is 0.184 e. The van der Waals surface area contributed by atoms with Crippen LogP contribution in [0.4, 0.5) is 0 Å². The van der Waals surface area contributed by atoms with Crippen molar-refractivity contribution in [2.45, 2.75) is 113 Å². The van der Waals surface area contributed by atoms with Gasteiger partial charge in [-0.1, -0.05) is 58.8 Å². The molecule has 2 N–H and O–H groups in total. The number of hydrogen-bond donors (Lipinski definition) is 2. The van der Waals surface area contributed by atoms with E-state index in [0.717, 1.165) is 44.1 Å². The molecule has 4 rings (SSSR count). The molecule has 4 aliphatic rings. The summed E-state index contributed by atoms with van der Waals surface area (Å²) in [5, 5.41) is 21.8. The van der Waals surface area contributed by atoms with Crippen LogP contribution >= 0.6 is 0 Å². The van der Waals surface area contributed by atoms with Crippen molar-refractivity contribution in [3.05, 3.63) is 23.3 Å². The third kappa shape index (κ3) is 3.46. The van der Waals surface area contributed by atoms with Crippen LogP contribution in [0.3, 0.4) is 0 Å². The maximum absolute atomic E-state index is 12.7. The van der Waals surface area contributed by atoms with E-state index in [0.29, 0.717) is 17.8 Å². The number of carbonyl (C=O) groups is 1. The molecule has 4 aliphatic carbocycles. The van der Waals surface area contributed by atoms with Crippen molar-refractivity contribution in [3.63, 3.8) is 0 Å². The predicted molar refractivity (Wildman–Crippen MR) is 135 cm³/mol. The lowest BCUT2D eigenvalue weighted by atomic mass is 9.41. The second kappa shape index (κ2) is 8.05. The van der Waals surface area contributed by atoms with Gasteiger partial charge in [0, 0.05) is 0 Å².